The molecule has 1 saturated heterocycles. The molecule has 0 radical (unpaired) electrons. The molecular weight excluding hydrogens is 362 g/mol. The molecule has 1 amide bonds. The van der Waals surface area contributed by atoms with Crippen molar-refractivity contribution in [2.24, 2.45) is 5.92 Å². The van der Waals surface area contributed by atoms with E-state index in [1.807, 2.05) is 24.3 Å². The first-order chi connectivity index (χ1) is 14.0. The minimum atomic E-state index is -0.325. The highest BCUT2D eigenvalue weighted by molar-refractivity contribution is 5.78. The SMILES string of the molecule is CC1(C)CN(CC(=O)NCC2CCN(c3ccccc3)C2)Cc2ccccc2O1. The molecule has 5 heteroatoms. The molecule has 0 saturated carbocycles. The van der Waals surface area contributed by atoms with Crippen LogP contribution >= 0.6 is 0 Å². The maximum atomic E-state index is 12.6. The maximum absolute atomic E-state index is 12.6. The Bertz CT molecular complexity index is 837. The van der Waals surface area contributed by atoms with E-state index in [1.54, 1.807) is 0 Å². The molecule has 0 bridgehead atoms. The molecule has 5 nitrogen and oxygen atoms in total. The molecule has 1 N–H and O–H groups in total. The number of anilines is 1. The highest BCUT2D eigenvalue weighted by Crippen LogP contribution is 2.29. The van der Waals surface area contributed by atoms with Gasteiger partial charge in [-0.05, 0) is 44.4 Å². The molecule has 1 unspecified atom stereocenters. The lowest BCUT2D eigenvalue weighted by atomic mass is 10.1. The first-order valence-electron chi connectivity index (χ1n) is 10.5. The van der Waals surface area contributed by atoms with Gasteiger partial charge in [0.15, 0.2) is 0 Å². The van der Waals surface area contributed by atoms with Gasteiger partial charge in [0, 0.05) is 44.0 Å². The van der Waals surface area contributed by atoms with Crippen LogP contribution in [0.3, 0.4) is 0 Å². The Kier molecular flexibility index (Phi) is 5.76. The molecule has 2 aromatic carbocycles. The minimum absolute atomic E-state index is 0.0957. The van der Waals surface area contributed by atoms with Crippen LogP contribution in [-0.4, -0.2) is 49.1 Å². The highest BCUT2D eigenvalue weighted by Gasteiger charge is 2.30. The van der Waals surface area contributed by atoms with Crippen molar-refractivity contribution in [2.75, 3.05) is 37.6 Å². The summed E-state index contributed by atoms with van der Waals surface area (Å²) in [6, 6.07) is 18.6. The number of amides is 1. The van der Waals surface area contributed by atoms with Crippen molar-refractivity contribution in [2.45, 2.75) is 32.4 Å². The molecular formula is C24H31N3O2. The van der Waals surface area contributed by atoms with Gasteiger partial charge in [-0.25, -0.2) is 0 Å². The molecule has 154 valence electrons. The van der Waals surface area contributed by atoms with Crippen molar-refractivity contribution in [3.05, 3.63) is 60.2 Å². The fourth-order valence-corrected chi connectivity index (χ4v) is 4.40. The molecule has 0 spiro atoms. The van der Waals surface area contributed by atoms with Gasteiger partial charge in [-0.3, -0.25) is 9.69 Å². The van der Waals surface area contributed by atoms with Crippen LogP contribution in [0, 0.1) is 5.92 Å². The quantitative estimate of drug-likeness (QED) is 0.847. The summed E-state index contributed by atoms with van der Waals surface area (Å²) in [6.45, 7) is 8.82. The van der Waals surface area contributed by atoms with Crippen LogP contribution in [0.15, 0.2) is 54.6 Å². The van der Waals surface area contributed by atoms with E-state index >= 15 is 0 Å². The van der Waals surface area contributed by atoms with Crippen molar-refractivity contribution >= 4 is 11.6 Å². The molecule has 29 heavy (non-hydrogen) atoms. The standard InChI is InChI=1S/C24H31N3O2/c1-24(2)18-26(16-20-8-6-7-11-22(20)29-24)17-23(28)25-14-19-12-13-27(15-19)21-9-4-3-5-10-21/h3-11,19H,12-18H2,1-2H3,(H,25,28). The summed E-state index contributed by atoms with van der Waals surface area (Å²) in [5.41, 5.74) is 2.08. The van der Waals surface area contributed by atoms with Crippen LogP contribution in [-0.2, 0) is 11.3 Å². The van der Waals surface area contributed by atoms with Gasteiger partial charge in [0.05, 0.1) is 6.54 Å². The van der Waals surface area contributed by atoms with Gasteiger partial charge in [0.25, 0.3) is 0 Å². The zero-order valence-corrected chi connectivity index (χ0v) is 17.4. The van der Waals surface area contributed by atoms with Gasteiger partial charge in [-0.1, -0.05) is 36.4 Å². The number of rotatable bonds is 5. The van der Waals surface area contributed by atoms with E-state index in [0.717, 1.165) is 50.5 Å². The highest BCUT2D eigenvalue weighted by atomic mass is 16.5. The molecule has 4 rings (SSSR count). The fourth-order valence-electron chi connectivity index (χ4n) is 4.40. The summed E-state index contributed by atoms with van der Waals surface area (Å²) in [6.07, 6.45) is 1.12. The summed E-state index contributed by atoms with van der Waals surface area (Å²) in [5, 5.41) is 3.17. The number of hydrogen-bond acceptors (Lipinski definition) is 4. The number of ether oxygens (including phenoxy) is 1. The Morgan fingerprint density at radius 3 is 2.72 bits per heavy atom. The molecule has 2 heterocycles. The van der Waals surface area contributed by atoms with Crippen molar-refractivity contribution in [3.63, 3.8) is 0 Å². The molecule has 0 aromatic heterocycles. The second kappa shape index (κ2) is 8.46. The topological polar surface area (TPSA) is 44.8 Å². The maximum Gasteiger partial charge on any atom is 0.234 e. The largest absolute Gasteiger partial charge is 0.486 e. The van der Waals surface area contributed by atoms with Gasteiger partial charge >= 0.3 is 0 Å². The number of para-hydroxylation sites is 2. The zero-order chi connectivity index (χ0) is 20.3. The van der Waals surface area contributed by atoms with Crippen LogP contribution < -0.4 is 15.0 Å². The minimum Gasteiger partial charge on any atom is -0.486 e. The van der Waals surface area contributed by atoms with Crippen molar-refractivity contribution in [1.82, 2.24) is 10.2 Å². The molecule has 2 aromatic rings. The lowest BCUT2D eigenvalue weighted by molar-refractivity contribution is -0.122. The van der Waals surface area contributed by atoms with Crippen LogP contribution in [0.25, 0.3) is 0 Å². The van der Waals surface area contributed by atoms with Crippen molar-refractivity contribution in [3.8, 4) is 5.75 Å². The molecule has 1 atom stereocenters. The second-order valence-corrected chi connectivity index (χ2v) is 8.85. The Morgan fingerprint density at radius 1 is 1.14 bits per heavy atom. The summed E-state index contributed by atoms with van der Waals surface area (Å²) in [4.78, 5) is 17.2. The number of benzene rings is 2. The molecule has 0 aliphatic carbocycles. The monoisotopic (exact) mass is 393 g/mol. The predicted octanol–water partition coefficient (Wildman–Crippen LogP) is 3.30. The predicted molar refractivity (Wildman–Crippen MR) is 116 cm³/mol. The average Bonchev–Trinajstić information content (AvgIpc) is 3.12. The van der Waals surface area contributed by atoms with E-state index < -0.39 is 0 Å². The number of nitrogens with one attached hydrogen (secondary N) is 1. The van der Waals surface area contributed by atoms with Gasteiger partial charge < -0.3 is 15.0 Å². The summed E-state index contributed by atoms with van der Waals surface area (Å²) >= 11 is 0. The van der Waals surface area contributed by atoms with Gasteiger partial charge in [-0.15, -0.1) is 0 Å². The Hall–Kier alpha value is -2.53. The van der Waals surface area contributed by atoms with Gasteiger partial charge in [0.2, 0.25) is 5.91 Å². The number of fused-ring (bicyclic) bond motifs is 1. The first-order valence-corrected chi connectivity index (χ1v) is 10.5. The third kappa shape index (κ3) is 5.10. The third-order valence-corrected chi connectivity index (χ3v) is 5.72. The van der Waals surface area contributed by atoms with E-state index in [-0.39, 0.29) is 11.5 Å². The number of hydrogen-bond donors (Lipinski definition) is 1. The van der Waals surface area contributed by atoms with Crippen LogP contribution in [0.2, 0.25) is 0 Å². The smallest absolute Gasteiger partial charge is 0.234 e. The Balaban J connectivity index is 1.29. The summed E-state index contributed by atoms with van der Waals surface area (Å²) < 4.78 is 6.17. The fraction of sp³-hybridized carbons (Fsp3) is 0.458. The van der Waals surface area contributed by atoms with Crippen LogP contribution in [0.1, 0.15) is 25.8 Å². The van der Waals surface area contributed by atoms with E-state index in [2.05, 4.69) is 59.3 Å². The average molecular weight is 394 g/mol. The van der Waals surface area contributed by atoms with E-state index in [0.29, 0.717) is 12.5 Å². The summed E-state index contributed by atoms with van der Waals surface area (Å²) in [5.74, 6) is 1.52. The zero-order valence-electron chi connectivity index (χ0n) is 17.4. The first kappa shape index (κ1) is 19.8. The number of carbonyl (C=O) groups excluding carboxylic acids is 1. The molecule has 1 fully saturated rings. The van der Waals surface area contributed by atoms with Gasteiger partial charge in [0.1, 0.15) is 11.4 Å². The van der Waals surface area contributed by atoms with E-state index in [9.17, 15) is 4.79 Å². The van der Waals surface area contributed by atoms with Crippen LogP contribution in [0.4, 0.5) is 5.69 Å². The Labute approximate surface area is 173 Å². The number of nitrogens with zero attached hydrogens (tertiary/aromatic N) is 2. The van der Waals surface area contributed by atoms with E-state index in [4.69, 9.17) is 4.74 Å². The second-order valence-electron chi connectivity index (χ2n) is 8.85. The molecule has 2 aliphatic rings. The third-order valence-electron chi connectivity index (χ3n) is 5.72. The van der Waals surface area contributed by atoms with Gasteiger partial charge in [-0.2, -0.15) is 0 Å². The normalized spacial score (nSPS) is 21.2. The number of carbonyl (C=O) groups is 1. The van der Waals surface area contributed by atoms with Crippen LogP contribution in [0.5, 0.6) is 5.75 Å². The molecule has 2 aliphatic heterocycles. The van der Waals surface area contributed by atoms with Crippen molar-refractivity contribution < 1.29 is 9.53 Å². The van der Waals surface area contributed by atoms with E-state index in [1.165, 1.54) is 5.69 Å². The summed E-state index contributed by atoms with van der Waals surface area (Å²) in [7, 11) is 0. The van der Waals surface area contributed by atoms with Crippen molar-refractivity contribution in [1.29, 1.82) is 0 Å². The lowest BCUT2D eigenvalue weighted by Crippen LogP contribution is -2.45. The Morgan fingerprint density at radius 2 is 1.90 bits per heavy atom. The lowest BCUT2D eigenvalue weighted by Gasteiger charge is -2.29.